The van der Waals surface area contributed by atoms with E-state index in [0.29, 0.717) is 32.0 Å². The molecule has 0 atom stereocenters. The number of aromatic hydroxyl groups is 1. The number of anilines is 1. The summed E-state index contributed by atoms with van der Waals surface area (Å²) >= 11 is 6.50. The Hall–Kier alpha value is -3.46. The van der Waals surface area contributed by atoms with Crippen LogP contribution in [0.4, 0.5) is 14.6 Å². The molecule has 0 saturated carbocycles. The number of benzene rings is 2. The van der Waals surface area contributed by atoms with Gasteiger partial charge in [-0.25, -0.2) is 18.7 Å². The zero-order chi connectivity index (χ0) is 23.0. The van der Waals surface area contributed by atoms with Gasteiger partial charge in [0.05, 0.1) is 28.6 Å². The van der Waals surface area contributed by atoms with E-state index >= 15 is 4.39 Å². The van der Waals surface area contributed by atoms with Gasteiger partial charge in [0.15, 0.2) is 11.6 Å². The van der Waals surface area contributed by atoms with E-state index in [0.717, 1.165) is 6.07 Å². The molecule has 4 rings (SSSR count). The molecule has 0 unspecified atom stereocenters. The molecule has 0 spiro atoms. The molecule has 0 radical (unpaired) electrons. The maximum Gasteiger partial charge on any atom is 0.246 e. The summed E-state index contributed by atoms with van der Waals surface area (Å²) in [5.41, 5.74) is -0.582. The minimum absolute atomic E-state index is 0.150. The van der Waals surface area contributed by atoms with E-state index in [9.17, 15) is 14.3 Å². The molecule has 10 heteroatoms. The smallest absolute Gasteiger partial charge is 0.246 e. The highest BCUT2D eigenvalue weighted by Crippen LogP contribution is 2.47. The number of amides is 1. The van der Waals surface area contributed by atoms with Crippen LogP contribution in [0, 0.1) is 11.6 Å². The number of rotatable bonds is 4. The molecule has 1 aliphatic rings. The van der Waals surface area contributed by atoms with Gasteiger partial charge in [-0.15, -0.1) is 0 Å². The Balaban J connectivity index is 1.89. The number of nitrogens with zero attached hydrogens (tertiary/aromatic N) is 4. The van der Waals surface area contributed by atoms with Crippen molar-refractivity contribution in [3.8, 4) is 22.6 Å². The fourth-order valence-corrected chi connectivity index (χ4v) is 4.19. The summed E-state index contributed by atoms with van der Waals surface area (Å²) < 4.78 is 35.5. The van der Waals surface area contributed by atoms with E-state index in [1.54, 1.807) is 4.90 Å². The third-order valence-electron chi connectivity index (χ3n) is 5.41. The Labute approximate surface area is 187 Å². The second kappa shape index (κ2) is 8.58. The number of piperazine rings is 1. The Kier molecular flexibility index (Phi) is 5.84. The quantitative estimate of drug-likeness (QED) is 0.597. The lowest BCUT2D eigenvalue weighted by atomic mass is 10.00. The lowest BCUT2D eigenvalue weighted by molar-refractivity contribution is -0.126. The summed E-state index contributed by atoms with van der Waals surface area (Å²) in [6, 6.07) is 3.63. The summed E-state index contributed by atoms with van der Waals surface area (Å²) in [6.45, 7) is 5.22. The summed E-state index contributed by atoms with van der Waals surface area (Å²) in [5, 5.41) is 10.2. The molecule has 0 bridgehead atoms. The van der Waals surface area contributed by atoms with Crippen molar-refractivity contribution in [3.63, 3.8) is 0 Å². The second-order valence-electron chi connectivity index (χ2n) is 7.11. The van der Waals surface area contributed by atoms with Crippen molar-refractivity contribution in [1.29, 1.82) is 0 Å². The third kappa shape index (κ3) is 3.48. The average Bonchev–Trinajstić information content (AvgIpc) is 2.80. The summed E-state index contributed by atoms with van der Waals surface area (Å²) in [6.07, 6.45) is 2.53. The van der Waals surface area contributed by atoms with E-state index in [4.69, 9.17) is 16.3 Å². The lowest BCUT2D eigenvalue weighted by Crippen LogP contribution is -2.48. The van der Waals surface area contributed by atoms with Crippen LogP contribution >= 0.6 is 11.6 Å². The summed E-state index contributed by atoms with van der Waals surface area (Å²) in [7, 11) is 1.27. The molecule has 1 aromatic heterocycles. The number of methoxy groups -OCH3 is 1. The molecule has 2 heterocycles. The van der Waals surface area contributed by atoms with Crippen LogP contribution in [0.25, 0.3) is 22.0 Å². The Bertz CT molecular complexity index is 1210. The Morgan fingerprint density at radius 3 is 2.56 bits per heavy atom. The van der Waals surface area contributed by atoms with Gasteiger partial charge in [-0.3, -0.25) is 4.79 Å². The number of fused-ring (bicyclic) bond motifs is 1. The number of carbonyl (C=O) groups is 1. The van der Waals surface area contributed by atoms with Crippen molar-refractivity contribution in [2.45, 2.75) is 0 Å². The number of halogens is 3. The third-order valence-corrected chi connectivity index (χ3v) is 5.78. The number of phenolic OH excluding ortho intramolecular Hbond substituents is 1. The molecule has 0 aliphatic carbocycles. The lowest BCUT2D eigenvalue weighted by Gasteiger charge is -2.35. The largest absolute Gasteiger partial charge is 0.507 e. The SMILES string of the molecule is C=CC(=O)N1CCN(c2ncnc3c(Cl)c(-c4c(O)cccc4F)c(F)c(OC)c23)CC1. The molecule has 1 amide bonds. The molecule has 1 saturated heterocycles. The normalized spacial score (nSPS) is 14.0. The molecule has 2 aromatic carbocycles. The molecule has 166 valence electrons. The second-order valence-corrected chi connectivity index (χ2v) is 7.49. The van der Waals surface area contributed by atoms with Crippen LogP contribution in [0.2, 0.25) is 5.02 Å². The molecule has 3 aromatic rings. The van der Waals surface area contributed by atoms with Crippen LogP contribution in [0.3, 0.4) is 0 Å². The highest BCUT2D eigenvalue weighted by Gasteiger charge is 2.30. The number of ether oxygens (including phenoxy) is 1. The fourth-order valence-electron chi connectivity index (χ4n) is 3.87. The first-order valence-electron chi connectivity index (χ1n) is 9.72. The van der Waals surface area contributed by atoms with Gasteiger partial charge in [0.1, 0.15) is 23.7 Å². The number of phenols is 1. The first-order chi connectivity index (χ1) is 15.4. The first kappa shape index (κ1) is 21.8. The molecule has 1 N–H and O–H groups in total. The molecular formula is C22H19ClF2N4O3. The van der Waals surface area contributed by atoms with Gasteiger partial charge >= 0.3 is 0 Å². The van der Waals surface area contributed by atoms with Crippen molar-refractivity contribution < 1.29 is 23.4 Å². The van der Waals surface area contributed by atoms with Crippen LogP contribution < -0.4 is 9.64 Å². The molecule has 7 nitrogen and oxygen atoms in total. The van der Waals surface area contributed by atoms with Gasteiger partial charge in [-0.05, 0) is 18.2 Å². The standard InChI is InChI=1S/C22H19ClF2N4O3/c1-3-14(31)28-7-9-29(10-8-28)22-17-20(26-11-27-22)18(23)16(19(25)21(17)32-2)15-12(24)5-4-6-13(15)30/h3-6,11,30H,1,7-10H2,2H3. The Morgan fingerprint density at radius 1 is 1.22 bits per heavy atom. The van der Waals surface area contributed by atoms with Crippen LogP contribution in [0.15, 0.2) is 37.2 Å². The van der Waals surface area contributed by atoms with Gasteiger partial charge in [0, 0.05) is 31.7 Å². The fraction of sp³-hybridized carbons (Fsp3) is 0.227. The topological polar surface area (TPSA) is 78.8 Å². The number of hydrogen-bond acceptors (Lipinski definition) is 6. The van der Waals surface area contributed by atoms with E-state index in [2.05, 4.69) is 16.5 Å². The Morgan fingerprint density at radius 2 is 1.94 bits per heavy atom. The van der Waals surface area contributed by atoms with Gasteiger partial charge < -0.3 is 19.6 Å². The summed E-state index contributed by atoms with van der Waals surface area (Å²) in [5.74, 6) is -2.26. The maximum atomic E-state index is 15.6. The highest BCUT2D eigenvalue weighted by molar-refractivity contribution is 6.38. The van der Waals surface area contributed by atoms with E-state index in [1.165, 1.54) is 31.6 Å². The highest BCUT2D eigenvalue weighted by atomic mass is 35.5. The van der Waals surface area contributed by atoms with Gasteiger partial charge in [-0.2, -0.15) is 0 Å². The minimum Gasteiger partial charge on any atom is -0.507 e. The molecular weight excluding hydrogens is 442 g/mol. The maximum absolute atomic E-state index is 15.6. The van der Waals surface area contributed by atoms with Crippen LogP contribution in [0.5, 0.6) is 11.5 Å². The van der Waals surface area contributed by atoms with Crippen molar-refractivity contribution in [2.75, 3.05) is 38.2 Å². The van der Waals surface area contributed by atoms with E-state index < -0.39 is 17.4 Å². The number of carbonyl (C=O) groups excluding carboxylic acids is 1. The number of hydrogen-bond donors (Lipinski definition) is 1. The van der Waals surface area contributed by atoms with Crippen molar-refractivity contribution in [2.24, 2.45) is 0 Å². The van der Waals surface area contributed by atoms with Gasteiger partial charge in [-0.1, -0.05) is 24.2 Å². The van der Waals surface area contributed by atoms with E-state index in [1.807, 2.05) is 4.90 Å². The van der Waals surface area contributed by atoms with Crippen LogP contribution in [-0.4, -0.2) is 59.2 Å². The van der Waals surface area contributed by atoms with E-state index in [-0.39, 0.29) is 38.7 Å². The van der Waals surface area contributed by atoms with Crippen LogP contribution in [-0.2, 0) is 4.79 Å². The average molecular weight is 461 g/mol. The summed E-state index contributed by atoms with van der Waals surface area (Å²) in [4.78, 5) is 23.9. The predicted octanol–water partition coefficient (Wildman–Crippen LogP) is 3.78. The number of aromatic nitrogens is 2. The van der Waals surface area contributed by atoms with Crippen molar-refractivity contribution in [3.05, 3.63) is 53.8 Å². The zero-order valence-corrected chi connectivity index (χ0v) is 17.9. The molecule has 1 fully saturated rings. The van der Waals surface area contributed by atoms with Crippen LogP contribution in [0.1, 0.15) is 0 Å². The molecule has 32 heavy (non-hydrogen) atoms. The zero-order valence-electron chi connectivity index (χ0n) is 17.1. The molecule has 1 aliphatic heterocycles. The van der Waals surface area contributed by atoms with Gasteiger partial charge in [0.25, 0.3) is 0 Å². The van der Waals surface area contributed by atoms with Gasteiger partial charge in [0.2, 0.25) is 5.91 Å². The minimum atomic E-state index is -0.943. The monoisotopic (exact) mass is 460 g/mol. The predicted molar refractivity (Wildman–Crippen MR) is 117 cm³/mol. The van der Waals surface area contributed by atoms with Crippen molar-refractivity contribution >= 4 is 34.2 Å². The van der Waals surface area contributed by atoms with Crippen molar-refractivity contribution in [1.82, 2.24) is 14.9 Å². The first-order valence-corrected chi connectivity index (χ1v) is 10.1.